The topological polar surface area (TPSA) is 118 Å². The summed E-state index contributed by atoms with van der Waals surface area (Å²) in [7, 11) is 1.47. The highest BCUT2D eigenvalue weighted by molar-refractivity contribution is 6.35. The maximum absolute atomic E-state index is 12.3. The Morgan fingerprint density at radius 2 is 1.84 bits per heavy atom. The van der Waals surface area contributed by atoms with Crippen LogP contribution in [0.25, 0.3) is 0 Å². The predicted molar refractivity (Wildman–Crippen MR) is 122 cm³/mol. The van der Waals surface area contributed by atoms with E-state index in [-0.39, 0.29) is 12.5 Å². The molecule has 0 aliphatic rings. The number of hydrogen-bond donors (Lipinski definition) is 3. The number of methoxy groups -OCH3 is 1. The first kappa shape index (κ1) is 24.4. The van der Waals surface area contributed by atoms with E-state index in [0.717, 1.165) is 23.2 Å². The van der Waals surface area contributed by atoms with Gasteiger partial charge in [-0.25, -0.2) is 5.43 Å². The van der Waals surface area contributed by atoms with Gasteiger partial charge < -0.3 is 20.1 Å². The summed E-state index contributed by atoms with van der Waals surface area (Å²) in [5.41, 5.74) is 5.58. The molecule has 2 aromatic rings. The standard InChI is InChI=1S/C23H28N4O5/c1-5-11-24-22(29)23(30)27-25-13-17-9-10-19(20(12-17)31-4)32-14-21(28)26-18-8-6-7-15(2)16(18)3/h6-10,12-13H,5,11,14H2,1-4H3,(H,24,29)(H,26,28)(H,27,30)/b25-13-. The fourth-order valence-electron chi connectivity index (χ4n) is 2.63. The molecule has 32 heavy (non-hydrogen) atoms. The summed E-state index contributed by atoms with van der Waals surface area (Å²) in [6.07, 6.45) is 2.09. The van der Waals surface area contributed by atoms with Gasteiger partial charge in [0, 0.05) is 12.2 Å². The molecule has 9 heteroatoms. The largest absolute Gasteiger partial charge is 0.493 e. The molecule has 2 aromatic carbocycles. The minimum atomic E-state index is -0.850. The van der Waals surface area contributed by atoms with Crippen LogP contribution in [0.3, 0.4) is 0 Å². The van der Waals surface area contributed by atoms with Crippen molar-refractivity contribution < 1.29 is 23.9 Å². The number of ether oxygens (including phenoxy) is 2. The number of hydrogen-bond acceptors (Lipinski definition) is 6. The van der Waals surface area contributed by atoms with Crippen LogP contribution in [-0.2, 0) is 14.4 Å². The number of anilines is 1. The van der Waals surface area contributed by atoms with E-state index >= 15 is 0 Å². The first-order valence-electron chi connectivity index (χ1n) is 10.1. The molecule has 0 atom stereocenters. The lowest BCUT2D eigenvalue weighted by atomic mass is 10.1. The molecule has 170 valence electrons. The van der Waals surface area contributed by atoms with Crippen molar-refractivity contribution in [1.82, 2.24) is 10.7 Å². The van der Waals surface area contributed by atoms with Crippen molar-refractivity contribution in [2.75, 3.05) is 25.6 Å². The summed E-state index contributed by atoms with van der Waals surface area (Å²) >= 11 is 0. The van der Waals surface area contributed by atoms with Crippen LogP contribution in [0.1, 0.15) is 30.0 Å². The average molecular weight is 441 g/mol. The van der Waals surface area contributed by atoms with Crippen molar-refractivity contribution in [3.63, 3.8) is 0 Å². The Labute approximate surface area is 187 Å². The van der Waals surface area contributed by atoms with Gasteiger partial charge in [-0.05, 0) is 61.2 Å². The lowest BCUT2D eigenvalue weighted by Crippen LogP contribution is -2.38. The fraction of sp³-hybridized carbons (Fsp3) is 0.304. The Balaban J connectivity index is 1.93. The van der Waals surface area contributed by atoms with Crippen LogP contribution in [0.5, 0.6) is 11.5 Å². The molecule has 0 heterocycles. The normalized spacial score (nSPS) is 10.5. The zero-order valence-corrected chi connectivity index (χ0v) is 18.7. The number of aryl methyl sites for hydroxylation is 1. The third-order valence-corrected chi connectivity index (χ3v) is 4.55. The van der Waals surface area contributed by atoms with Crippen molar-refractivity contribution in [3.8, 4) is 11.5 Å². The number of carbonyl (C=O) groups excluding carboxylic acids is 3. The summed E-state index contributed by atoms with van der Waals surface area (Å²) in [6, 6.07) is 10.6. The van der Waals surface area contributed by atoms with Crippen LogP contribution < -0.4 is 25.5 Å². The highest BCUT2D eigenvalue weighted by atomic mass is 16.5. The molecule has 0 aliphatic heterocycles. The number of rotatable bonds is 9. The van der Waals surface area contributed by atoms with Crippen molar-refractivity contribution in [1.29, 1.82) is 0 Å². The van der Waals surface area contributed by atoms with E-state index in [9.17, 15) is 14.4 Å². The van der Waals surface area contributed by atoms with Crippen LogP contribution in [0, 0.1) is 13.8 Å². The molecule has 3 amide bonds. The summed E-state index contributed by atoms with van der Waals surface area (Å²) < 4.78 is 10.9. The lowest BCUT2D eigenvalue weighted by molar-refractivity contribution is -0.139. The summed E-state index contributed by atoms with van der Waals surface area (Å²) in [6.45, 7) is 6.02. The molecule has 0 aromatic heterocycles. The molecule has 0 aliphatic carbocycles. The van der Waals surface area contributed by atoms with Gasteiger partial charge in [0.2, 0.25) is 0 Å². The van der Waals surface area contributed by atoms with Crippen molar-refractivity contribution in [2.45, 2.75) is 27.2 Å². The van der Waals surface area contributed by atoms with E-state index in [1.54, 1.807) is 18.2 Å². The van der Waals surface area contributed by atoms with Crippen molar-refractivity contribution >= 4 is 29.6 Å². The Morgan fingerprint density at radius 3 is 2.56 bits per heavy atom. The molecule has 0 unspecified atom stereocenters. The lowest BCUT2D eigenvalue weighted by Gasteiger charge is -2.13. The monoisotopic (exact) mass is 440 g/mol. The molecule has 9 nitrogen and oxygen atoms in total. The van der Waals surface area contributed by atoms with Gasteiger partial charge in [0.25, 0.3) is 5.91 Å². The maximum Gasteiger partial charge on any atom is 0.329 e. The van der Waals surface area contributed by atoms with Gasteiger partial charge in [-0.3, -0.25) is 14.4 Å². The number of hydrazone groups is 1. The van der Waals surface area contributed by atoms with E-state index in [2.05, 4.69) is 21.2 Å². The summed E-state index contributed by atoms with van der Waals surface area (Å²) in [4.78, 5) is 35.4. The first-order chi connectivity index (χ1) is 15.3. The average Bonchev–Trinajstić information content (AvgIpc) is 2.79. The minimum absolute atomic E-state index is 0.194. The number of nitrogens with zero attached hydrogens (tertiary/aromatic N) is 1. The second kappa shape index (κ2) is 12.1. The van der Waals surface area contributed by atoms with Gasteiger partial charge in [-0.2, -0.15) is 5.10 Å². The first-order valence-corrected chi connectivity index (χ1v) is 10.1. The van der Waals surface area contributed by atoms with Crippen molar-refractivity contribution in [3.05, 3.63) is 53.1 Å². The summed E-state index contributed by atoms with van der Waals surface area (Å²) in [5.74, 6) is -1.12. The maximum atomic E-state index is 12.3. The molecule has 0 saturated carbocycles. The highest BCUT2D eigenvalue weighted by Crippen LogP contribution is 2.27. The predicted octanol–water partition coefficient (Wildman–Crippen LogP) is 2.31. The number of amides is 3. The third-order valence-electron chi connectivity index (χ3n) is 4.55. The molecule has 0 saturated heterocycles. The molecule has 3 N–H and O–H groups in total. The van der Waals surface area contributed by atoms with Gasteiger partial charge in [-0.1, -0.05) is 19.1 Å². The van der Waals surface area contributed by atoms with Gasteiger partial charge in [0.05, 0.1) is 13.3 Å². The molecule has 0 fully saturated rings. The van der Waals surface area contributed by atoms with Gasteiger partial charge in [0.15, 0.2) is 18.1 Å². The molecular weight excluding hydrogens is 412 g/mol. The summed E-state index contributed by atoms with van der Waals surface area (Å²) in [5, 5.41) is 9.05. The Morgan fingerprint density at radius 1 is 1.06 bits per heavy atom. The molecule has 2 rings (SSSR count). The van der Waals surface area contributed by atoms with Crippen LogP contribution >= 0.6 is 0 Å². The van der Waals surface area contributed by atoms with E-state index in [0.29, 0.717) is 23.6 Å². The minimum Gasteiger partial charge on any atom is -0.493 e. The van der Waals surface area contributed by atoms with Gasteiger partial charge in [0.1, 0.15) is 0 Å². The number of benzene rings is 2. The van der Waals surface area contributed by atoms with Crippen LogP contribution in [-0.4, -0.2) is 44.2 Å². The van der Waals surface area contributed by atoms with E-state index in [1.807, 2.05) is 39.0 Å². The SMILES string of the molecule is CCCNC(=O)C(=O)N/N=C\c1ccc(OCC(=O)Nc2cccc(C)c2C)c(OC)c1. The smallest absolute Gasteiger partial charge is 0.329 e. The van der Waals surface area contributed by atoms with Crippen LogP contribution in [0.2, 0.25) is 0 Å². The number of nitrogens with one attached hydrogen (secondary N) is 3. The van der Waals surface area contributed by atoms with E-state index in [1.165, 1.54) is 13.3 Å². The molecular formula is C23H28N4O5. The molecule has 0 bridgehead atoms. The zero-order chi connectivity index (χ0) is 23.5. The van der Waals surface area contributed by atoms with Crippen LogP contribution in [0.4, 0.5) is 5.69 Å². The molecule has 0 spiro atoms. The van der Waals surface area contributed by atoms with Gasteiger partial charge >= 0.3 is 11.8 Å². The quantitative estimate of drug-likeness (QED) is 0.314. The van der Waals surface area contributed by atoms with Crippen LogP contribution in [0.15, 0.2) is 41.5 Å². The fourth-order valence-corrected chi connectivity index (χ4v) is 2.63. The van der Waals surface area contributed by atoms with E-state index in [4.69, 9.17) is 9.47 Å². The number of carbonyl (C=O) groups is 3. The Bertz CT molecular complexity index is 1000. The highest BCUT2D eigenvalue weighted by Gasteiger charge is 2.12. The third kappa shape index (κ3) is 7.12. The zero-order valence-electron chi connectivity index (χ0n) is 18.7. The van der Waals surface area contributed by atoms with E-state index < -0.39 is 11.8 Å². The Kier molecular flexibility index (Phi) is 9.22. The van der Waals surface area contributed by atoms with Crippen molar-refractivity contribution in [2.24, 2.45) is 5.10 Å². The van der Waals surface area contributed by atoms with Gasteiger partial charge in [-0.15, -0.1) is 0 Å². The molecule has 0 radical (unpaired) electrons. The Hall–Kier alpha value is -3.88. The second-order valence-electron chi connectivity index (χ2n) is 6.95. The second-order valence-corrected chi connectivity index (χ2v) is 6.95.